The molecule has 2 N–H and O–H groups in total. The van der Waals surface area contributed by atoms with Gasteiger partial charge in [0.05, 0.1) is 11.5 Å². The van der Waals surface area contributed by atoms with E-state index in [1.165, 1.54) is 0 Å². The third kappa shape index (κ3) is 3.29. The van der Waals surface area contributed by atoms with Gasteiger partial charge in [-0.15, -0.1) is 0 Å². The van der Waals surface area contributed by atoms with Crippen LogP contribution >= 0.6 is 0 Å². The van der Waals surface area contributed by atoms with Crippen LogP contribution in [0.15, 0.2) is 23.1 Å². The Hall–Kier alpha value is -1.11. The number of rotatable bonds is 4. The van der Waals surface area contributed by atoms with Gasteiger partial charge in [0.15, 0.2) is 0 Å². The summed E-state index contributed by atoms with van der Waals surface area (Å²) >= 11 is 0. The summed E-state index contributed by atoms with van der Waals surface area (Å²) in [5.41, 5.74) is 6.59. The van der Waals surface area contributed by atoms with Gasteiger partial charge in [-0.1, -0.05) is 13.8 Å². The highest BCUT2D eigenvalue weighted by Gasteiger charge is 2.39. The standard InChI is InChI=1S/C16H26N2O3S/c1-5-21-13-6-7-14(12(2)10-13)22(19,20)18-9-8-15(17)16(3,4)11-18/h6-7,10,15H,5,8-9,11,17H2,1-4H3. The van der Waals surface area contributed by atoms with Crippen molar-refractivity contribution >= 4 is 10.0 Å². The maximum atomic E-state index is 12.9. The van der Waals surface area contributed by atoms with Crippen molar-refractivity contribution in [3.63, 3.8) is 0 Å². The maximum absolute atomic E-state index is 12.9. The van der Waals surface area contributed by atoms with Gasteiger partial charge in [0.1, 0.15) is 5.75 Å². The van der Waals surface area contributed by atoms with Gasteiger partial charge >= 0.3 is 0 Å². The Bertz CT molecular complexity index is 641. The van der Waals surface area contributed by atoms with Crippen molar-refractivity contribution in [3.8, 4) is 5.75 Å². The third-order valence-corrected chi connectivity index (χ3v) is 6.36. The van der Waals surface area contributed by atoms with Crippen LogP contribution in [0.4, 0.5) is 0 Å². The van der Waals surface area contributed by atoms with E-state index in [9.17, 15) is 8.42 Å². The van der Waals surface area contributed by atoms with Crippen molar-refractivity contribution < 1.29 is 13.2 Å². The molecule has 1 atom stereocenters. The molecule has 0 radical (unpaired) electrons. The number of aryl methyl sites for hydroxylation is 1. The summed E-state index contributed by atoms with van der Waals surface area (Å²) in [6.45, 7) is 9.22. The number of hydrogen-bond donors (Lipinski definition) is 1. The van der Waals surface area contributed by atoms with Crippen LogP contribution in [0.5, 0.6) is 5.75 Å². The number of sulfonamides is 1. The van der Waals surface area contributed by atoms with Crippen molar-refractivity contribution in [3.05, 3.63) is 23.8 Å². The normalized spacial score (nSPS) is 22.5. The Morgan fingerprint density at radius 3 is 2.64 bits per heavy atom. The van der Waals surface area contributed by atoms with Crippen molar-refractivity contribution in [1.29, 1.82) is 0 Å². The number of piperidine rings is 1. The monoisotopic (exact) mass is 326 g/mol. The smallest absolute Gasteiger partial charge is 0.243 e. The first-order chi connectivity index (χ1) is 10.2. The minimum atomic E-state index is -3.50. The zero-order chi connectivity index (χ0) is 16.5. The molecule has 1 fully saturated rings. The van der Waals surface area contributed by atoms with Gasteiger partial charge in [-0.3, -0.25) is 0 Å². The van der Waals surface area contributed by atoms with E-state index < -0.39 is 10.0 Å². The zero-order valence-electron chi connectivity index (χ0n) is 13.8. The van der Waals surface area contributed by atoms with Crippen LogP contribution in [0.2, 0.25) is 0 Å². The second-order valence-electron chi connectivity index (χ2n) is 6.58. The summed E-state index contributed by atoms with van der Waals surface area (Å²) in [5, 5.41) is 0. The lowest BCUT2D eigenvalue weighted by molar-refractivity contribution is 0.155. The van der Waals surface area contributed by atoms with Crippen LogP contribution in [0.1, 0.15) is 32.8 Å². The molecule has 0 spiro atoms. The molecule has 1 aliphatic rings. The number of nitrogens with zero attached hydrogens (tertiary/aromatic N) is 1. The van der Waals surface area contributed by atoms with Crippen LogP contribution < -0.4 is 10.5 Å². The van der Waals surface area contributed by atoms with E-state index in [1.807, 2.05) is 20.8 Å². The van der Waals surface area contributed by atoms with E-state index in [1.54, 1.807) is 29.4 Å². The summed E-state index contributed by atoms with van der Waals surface area (Å²) in [4.78, 5) is 0.349. The van der Waals surface area contributed by atoms with E-state index >= 15 is 0 Å². The highest BCUT2D eigenvalue weighted by molar-refractivity contribution is 7.89. The van der Waals surface area contributed by atoms with Crippen LogP contribution in [0, 0.1) is 12.3 Å². The molecule has 1 aromatic rings. The van der Waals surface area contributed by atoms with E-state index in [0.29, 0.717) is 42.3 Å². The molecule has 5 nitrogen and oxygen atoms in total. The fourth-order valence-corrected chi connectivity index (χ4v) is 4.67. The van der Waals surface area contributed by atoms with Crippen molar-refractivity contribution in [2.24, 2.45) is 11.1 Å². The molecule has 2 rings (SSSR count). The van der Waals surface area contributed by atoms with Crippen LogP contribution in [0.25, 0.3) is 0 Å². The van der Waals surface area contributed by atoms with Crippen LogP contribution in [-0.4, -0.2) is 38.5 Å². The SMILES string of the molecule is CCOc1ccc(S(=O)(=O)N2CCC(N)C(C)(C)C2)c(C)c1. The first kappa shape index (κ1) is 17.2. The molecular weight excluding hydrogens is 300 g/mol. The first-order valence-electron chi connectivity index (χ1n) is 7.67. The molecule has 0 saturated carbocycles. The molecule has 0 bridgehead atoms. The number of benzene rings is 1. The molecule has 6 heteroatoms. The van der Waals surface area contributed by atoms with Crippen molar-refractivity contribution in [2.75, 3.05) is 19.7 Å². The Kier molecular flexibility index (Phi) is 4.84. The lowest BCUT2D eigenvalue weighted by Gasteiger charge is -2.41. The molecule has 124 valence electrons. The molecular formula is C16H26N2O3S. The average Bonchev–Trinajstić information content (AvgIpc) is 2.42. The fraction of sp³-hybridized carbons (Fsp3) is 0.625. The molecule has 0 amide bonds. The minimum Gasteiger partial charge on any atom is -0.494 e. The Labute approximate surface area is 133 Å². The first-order valence-corrected chi connectivity index (χ1v) is 9.11. The third-order valence-electron chi connectivity index (χ3n) is 4.35. The van der Waals surface area contributed by atoms with Gasteiger partial charge in [0.2, 0.25) is 10.0 Å². The lowest BCUT2D eigenvalue weighted by atomic mass is 9.81. The molecule has 0 aromatic heterocycles. The van der Waals surface area contributed by atoms with Gasteiger partial charge in [-0.05, 0) is 49.4 Å². The second-order valence-corrected chi connectivity index (χ2v) is 8.49. The molecule has 0 aliphatic carbocycles. The van der Waals surface area contributed by atoms with E-state index in [0.717, 1.165) is 0 Å². The topological polar surface area (TPSA) is 72.6 Å². The van der Waals surface area contributed by atoms with Crippen LogP contribution in [-0.2, 0) is 10.0 Å². The van der Waals surface area contributed by atoms with Crippen molar-refractivity contribution in [1.82, 2.24) is 4.31 Å². The average molecular weight is 326 g/mol. The number of hydrogen-bond acceptors (Lipinski definition) is 4. The Morgan fingerprint density at radius 2 is 2.09 bits per heavy atom. The predicted molar refractivity (Wildman–Crippen MR) is 87.5 cm³/mol. The highest BCUT2D eigenvalue weighted by atomic mass is 32.2. The summed E-state index contributed by atoms with van der Waals surface area (Å²) in [7, 11) is -3.50. The molecule has 1 saturated heterocycles. The summed E-state index contributed by atoms with van der Waals surface area (Å²) < 4.78 is 32.8. The van der Waals surface area contributed by atoms with E-state index in [2.05, 4.69) is 0 Å². The van der Waals surface area contributed by atoms with Gasteiger partial charge in [-0.2, -0.15) is 4.31 Å². The second kappa shape index (κ2) is 6.18. The number of ether oxygens (including phenoxy) is 1. The maximum Gasteiger partial charge on any atom is 0.243 e. The Balaban J connectivity index is 2.31. The summed E-state index contributed by atoms with van der Waals surface area (Å²) in [6.07, 6.45) is 0.683. The number of nitrogens with two attached hydrogens (primary N) is 1. The van der Waals surface area contributed by atoms with E-state index in [4.69, 9.17) is 10.5 Å². The lowest BCUT2D eigenvalue weighted by Crippen LogP contribution is -2.53. The van der Waals surface area contributed by atoms with Gasteiger partial charge in [-0.25, -0.2) is 8.42 Å². The molecule has 1 heterocycles. The van der Waals surface area contributed by atoms with Gasteiger partial charge < -0.3 is 10.5 Å². The van der Waals surface area contributed by atoms with Crippen molar-refractivity contribution in [2.45, 2.75) is 45.1 Å². The summed E-state index contributed by atoms with van der Waals surface area (Å²) in [6, 6.07) is 5.15. The Morgan fingerprint density at radius 1 is 1.41 bits per heavy atom. The van der Waals surface area contributed by atoms with Gasteiger partial charge in [0, 0.05) is 19.1 Å². The molecule has 1 aliphatic heterocycles. The fourth-order valence-electron chi connectivity index (χ4n) is 2.84. The van der Waals surface area contributed by atoms with E-state index in [-0.39, 0.29) is 11.5 Å². The molecule has 22 heavy (non-hydrogen) atoms. The largest absolute Gasteiger partial charge is 0.494 e. The zero-order valence-corrected chi connectivity index (χ0v) is 14.6. The highest BCUT2D eigenvalue weighted by Crippen LogP contribution is 2.32. The quantitative estimate of drug-likeness (QED) is 0.920. The van der Waals surface area contributed by atoms with Gasteiger partial charge in [0.25, 0.3) is 0 Å². The van der Waals surface area contributed by atoms with Crippen LogP contribution in [0.3, 0.4) is 0 Å². The minimum absolute atomic E-state index is 0.0281. The predicted octanol–water partition coefficient (Wildman–Crippen LogP) is 2.14. The molecule has 1 aromatic carbocycles. The molecule has 1 unspecified atom stereocenters. The summed E-state index contributed by atoms with van der Waals surface area (Å²) in [5.74, 6) is 0.694.